The van der Waals surface area contributed by atoms with Crippen molar-refractivity contribution in [2.24, 2.45) is 28.9 Å². The Morgan fingerprint density at radius 2 is 1.22 bits per heavy atom. The molecular formula is C30H45N9O11. The average Bonchev–Trinajstić information content (AvgIpc) is 3.00. The van der Waals surface area contributed by atoms with E-state index in [1.54, 1.807) is 13.8 Å². The lowest BCUT2D eigenvalue weighted by atomic mass is 10.0. The summed E-state index contributed by atoms with van der Waals surface area (Å²) < 4.78 is 0. The first-order valence-corrected chi connectivity index (χ1v) is 15.4. The number of aliphatic carboxylic acids is 1. The fourth-order valence-corrected chi connectivity index (χ4v) is 4.41. The third kappa shape index (κ3) is 16.4. The third-order valence-electron chi connectivity index (χ3n) is 6.88. The molecule has 1 rings (SSSR count). The van der Waals surface area contributed by atoms with E-state index in [1.807, 2.05) is 0 Å². The fraction of sp³-hybridized carbons (Fsp3) is 0.500. The van der Waals surface area contributed by atoms with Gasteiger partial charge in [0.1, 0.15) is 29.9 Å². The first-order chi connectivity index (χ1) is 23.3. The highest BCUT2D eigenvalue weighted by molar-refractivity contribution is 5.97. The van der Waals surface area contributed by atoms with Crippen molar-refractivity contribution in [3.05, 3.63) is 29.8 Å². The minimum absolute atomic E-state index is 0.0428. The molecule has 0 aliphatic carbocycles. The van der Waals surface area contributed by atoms with Gasteiger partial charge in [0, 0.05) is 12.8 Å². The zero-order valence-corrected chi connectivity index (χ0v) is 27.6. The fourth-order valence-electron chi connectivity index (χ4n) is 4.41. The Kier molecular flexibility index (Phi) is 17.4. The number of hydrogen-bond acceptors (Lipinski definition) is 11. The molecule has 0 aliphatic heterocycles. The lowest BCUT2D eigenvalue weighted by molar-refractivity contribution is -0.142. The highest BCUT2D eigenvalue weighted by atomic mass is 16.4. The molecule has 20 nitrogen and oxygen atoms in total. The number of amides is 8. The molecular weight excluding hydrogens is 662 g/mol. The number of nitrogens with two attached hydrogens (primary N) is 4. The molecule has 0 heterocycles. The molecule has 5 atom stereocenters. The Labute approximate surface area is 286 Å². The zero-order chi connectivity index (χ0) is 38.1. The number of hydrogen-bond donors (Lipinski definition) is 11. The Hall–Kier alpha value is -5.79. The van der Waals surface area contributed by atoms with E-state index in [0.29, 0.717) is 5.56 Å². The first kappa shape index (κ1) is 42.2. The Bertz CT molecular complexity index is 1420. The number of aromatic hydroxyl groups is 1. The summed E-state index contributed by atoms with van der Waals surface area (Å²) in [5, 5.41) is 30.5. The number of primary amides is 3. The predicted molar refractivity (Wildman–Crippen MR) is 174 cm³/mol. The van der Waals surface area contributed by atoms with Crippen LogP contribution in [-0.2, 0) is 49.6 Å². The molecule has 50 heavy (non-hydrogen) atoms. The van der Waals surface area contributed by atoms with E-state index >= 15 is 0 Å². The van der Waals surface area contributed by atoms with Gasteiger partial charge in [0.25, 0.3) is 0 Å². The van der Waals surface area contributed by atoms with Crippen molar-refractivity contribution in [3.8, 4) is 5.75 Å². The molecule has 20 heteroatoms. The summed E-state index contributed by atoms with van der Waals surface area (Å²) in [4.78, 5) is 110. The minimum Gasteiger partial charge on any atom is -0.508 e. The maximum atomic E-state index is 13.1. The summed E-state index contributed by atoms with van der Waals surface area (Å²) in [6, 6.07) is -1.67. The predicted octanol–water partition coefficient (Wildman–Crippen LogP) is -4.54. The maximum absolute atomic E-state index is 13.1. The molecule has 0 radical (unpaired) electrons. The number of rotatable bonds is 22. The van der Waals surface area contributed by atoms with E-state index in [2.05, 4.69) is 26.6 Å². The first-order valence-electron chi connectivity index (χ1n) is 15.4. The molecule has 1 aromatic rings. The minimum atomic E-state index is -1.62. The van der Waals surface area contributed by atoms with E-state index in [4.69, 9.17) is 22.9 Å². The number of nitrogens with one attached hydrogen (secondary N) is 5. The van der Waals surface area contributed by atoms with Crippen LogP contribution in [0, 0.1) is 5.92 Å². The molecule has 1 aromatic carbocycles. The number of carbonyl (C=O) groups is 9. The second-order valence-electron chi connectivity index (χ2n) is 11.8. The number of phenols is 1. The van der Waals surface area contributed by atoms with Gasteiger partial charge >= 0.3 is 5.97 Å². The smallest absolute Gasteiger partial charge is 0.326 e. The molecule has 8 amide bonds. The Morgan fingerprint density at radius 1 is 0.680 bits per heavy atom. The van der Waals surface area contributed by atoms with Crippen LogP contribution in [0.2, 0.25) is 0 Å². The number of phenolic OH excluding ortho intramolecular Hbond substituents is 1. The molecule has 0 aromatic heterocycles. The molecule has 5 unspecified atom stereocenters. The lowest BCUT2D eigenvalue weighted by Gasteiger charge is -2.25. The van der Waals surface area contributed by atoms with Crippen molar-refractivity contribution in [1.82, 2.24) is 26.6 Å². The monoisotopic (exact) mass is 707 g/mol. The Morgan fingerprint density at radius 3 is 1.74 bits per heavy atom. The van der Waals surface area contributed by atoms with Crippen LogP contribution in [0.1, 0.15) is 51.5 Å². The van der Waals surface area contributed by atoms with Gasteiger partial charge in [-0.05, 0) is 36.5 Å². The van der Waals surface area contributed by atoms with Gasteiger partial charge in [0.05, 0.1) is 25.4 Å². The zero-order valence-electron chi connectivity index (χ0n) is 27.6. The van der Waals surface area contributed by atoms with E-state index in [0.717, 1.165) is 0 Å². The van der Waals surface area contributed by atoms with Gasteiger partial charge in [-0.25, -0.2) is 4.79 Å². The molecule has 0 saturated heterocycles. The van der Waals surface area contributed by atoms with Gasteiger partial charge in [-0.15, -0.1) is 0 Å². The number of carboxylic acids is 1. The van der Waals surface area contributed by atoms with Crippen LogP contribution in [0.15, 0.2) is 24.3 Å². The summed E-state index contributed by atoms with van der Waals surface area (Å²) in [6.45, 7) is 2.70. The molecule has 0 fully saturated rings. The topological polar surface area (TPSA) is 358 Å². The van der Waals surface area contributed by atoms with E-state index < -0.39 is 103 Å². The van der Waals surface area contributed by atoms with Crippen molar-refractivity contribution < 1.29 is 53.4 Å². The van der Waals surface area contributed by atoms with Gasteiger partial charge in [0.2, 0.25) is 47.3 Å². The standard InChI is InChI=1S/C30H45N9O11/c1-14(2)9-19(38-28(47)18(7-8-22(32)41)37-26(45)17(31)11-23(33)42)27(46)35-13-25(44)36-20(12-24(34)43)29(48)39-21(30(49)50)10-15-3-5-16(40)6-4-15/h3-6,14,17-21,40H,7-13,31H2,1-2H3,(H2,32,41)(H2,33,42)(H2,34,43)(H,35,46)(H,36,44)(H,37,45)(H,38,47)(H,39,48)(H,49,50). The molecule has 0 bridgehead atoms. The van der Waals surface area contributed by atoms with Crippen molar-refractivity contribution in [3.63, 3.8) is 0 Å². The molecule has 0 spiro atoms. The quantitative estimate of drug-likeness (QED) is 0.0543. The third-order valence-corrected chi connectivity index (χ3v) is 6.88. The summed E-state index contributed by atoms with van der Waals surface area (Å²) in [6.07, 6.45) is -2.03. The second-order valence-corrected chi connectivity index (χ2v) is 11.8. The average molecular weight is 708 g/mol. The van der Waals surface area contributed by atoms with Crippen LogP contribution >= 0.6 is 0 Å². The summed E-state index contributed by atoms with van der Waals surface area (Å²) in [5.41, 5.74) is 21.5. The van der Waals surface area contributed by atoms with E-state index in [1.165, 1.54) is 24.3 Å². The van der Waals surface area contributed by atoms with Crippen molar-refractivity contribution in [2.45, 2.75) is 82.6 Å². The van der Waals surface area contributed by atoms with Crippen LogP contribution in [0.3, 0.4) is 0 Å². The van der Waals surface area contributed by atoms with Gasteiger partial charge in [-0.2, -0.15) is 0 Å². The van der Waals surface area contributed by atoms with Gasteiger partial charge in [0.15, 0.2) is 0 Å². The summed E-state index contributed by atoms with van der Waals surface area (Å²) in [5.74, 6) is -9.07. The van der Waals surface area contributed by atoms with Crippen LogP contribution in [0.5, 0.6) is 5.75 Å². The van der Waals surface area contributed by atoms with Gasteiger partial charge in [-0.1, -0.05) is 26.0 Å². The lowest BCUT2D eigenvalue weighted by Crippen LogP contribution is -2.57. The van der Waals surface area contributed by atoms with Gasteiger partial charge in [-0.3, -0.25) is 38.4 Å². The van der Waals surface area contributed by atoms with E-state index in [-0.39, 0.29) is 37.4 Å². The molecule has 276 valence electrons. The number of carbonyl (C=O) groups excluding carboxylic acids is 8. The molecule has 15 N–H and O–H groups in total. The van der Waals surface area contributed by atoms with Crippen LogP contribution in [0.25, 0.3) is 0 Å². The SMILES string of the molecule is CC(C)CC(NC(=O)C(CCC(N)=O)NC(=O)C(N)CC(N)=O)C(=O)NCC(=O)NC(CC(N)=O)C(=O)NC(Cc1ccc(O)cc1)C(=O)O. The Balaban J connectivity index is 2.99. The van der Waals surface area contributed by atoms with Crippen molar-refractivity contribution in [2.75, 3.05) is 6.54 Å². The van der Waals surface area contributed by atoms with Crippen LogP contribution in [-0.4, -0.2) is 100 Å². The highest BCUT2D eigenvalue weighted by Crippen LogP contribution is 2.12. The van der Waals surface area contributed by atoms with Gasteiger partial charge < -0.3 is 59.7 Å². The number of carboxylic acid groups (broad SMARTS) is 1. The van der Waals surface area contributed by atoms with Crippen molar-refractivity contribution in [1.29, 1.82) is 0 Å². The van der Waals surface area contributed by atoms with Crippen LogP contribution in [0.4, 0.5) is 0 Å². The normalized spacial score (nSPS) is 13.8. The molecule has 0 aliphatic rings. The summed E-state index contributed by atoms with van der Waals surface area (Å²) >= 11 is 0. The van der Waals surface area contributed by atoms with Crippen molar-refractivity contribution >= 4 is 53.2 Å². The number of benzene rings is 1. The summed E-state index contributed by atoms with van der Waals surface area (Å²) in [7, 11) is 0. The largest absolute Gasteiger partial charge is 0.508 e. The highest BCUT2D eigenvalue weighted by Gasteiger charge is 2.31. The maximum Gasteiger partial charge on any atom is 0.326 e. The molecule has 0 saturated carbocycles. The second kappa shape index (κ2) is 20.5. The van der Waals surface area contributed by atoms with Crippen LogP contribution < -0.4 is 49.5 Å². The van der Waals surface area contributed by atoms with E-state index in [9.17, 15) is 53.4 Å².